The predicted octanol–water partition coefficient (Wildman–Crippen LogP) is 3.78. The Morgan fingerprint density at radius 3 is 2.29 bits per heavy atom. The predicted molar refractivity (Wildman–Crippen MR) is 60.8 cm³/mol. The Balaban J connectivity index is 3.17. The van der Waals surface area contributed by atoms with Crippen LogP contribution in [-0.4, -0.2) is 7.11 Å². The molecule has 0 fully saturated rings. The van der Waals surface area contributed by atoms with Crippen molar-refractivity contribution in [2.75, 3.05) is 7.11 Å². The minimum Gasteiger partial charge on any atom is -0.497 e. The highest BCUT2D eigenvalue weighted by atomic mass is 16.5. The van der Waals surface area contributed by atoms with Crippen LogP contribution in [-0.2, 0) is 0 Å². The molecule has 1 aromatic carbocycles. The van der Waals surface area contributed by atoms with Crippen molar-refractivity contribution < 1.29 is 4.74 Å². The van der Waals surface area contributed by atoms with Crippen LogP contribution in [0.4, 0.5) is 0 Å². The van der Waals surface area contributed by atoms with Crippen molar-refractivity contribution in [2.45, 2.75) is 33.6 Å². The molecule has 1 aromatic rings. The lowest BCUT2D eigenvalue weighted by molar-refractivity contribution is 0.414. The summed E-state index contributed by atoms with van der Waals surface area (Å²) in [5.41, 5.74) is 2.71. The highest BCUT2D eigenvalue weighted by Crippen LogP contribution is 2.28. The summed E-state index contributed by atoms with van der Waals surface area (Å²) in [6.45, 7) is 8.71. The van der Waals surface area contributed by atoms with Gasteiger partial charge in [-0.15, -0.1) is 0 Å². The van der Waals surface area contributed by atoms with Gasteiger partial charge < -0.3 is 4.74 Å². The van der Waals surface area contributed by atoms with E-state index in [0.29, 0.717) is 5.92 Å². The number of hydrogen-bond acceptors (Lipinski definition) is 1. The fraction of sp³-hybridized carbons (Fsp3) is 0.462. The molecule has 0 amide bonds. The van der Waals surface area contributed by atoms with Gasteiger partial charge in [-0.05, 0) is 35.1 Å². The molecule has 0 N–H and O–H groups in total. The van der Waals surface area contributed by atoms with E-state index in [-0.39, 0.29) is 0 Å². The molecule has 1 heteroatoms. The van der Waals surface area contributed by atoms with Crippen LogP contribution in [0.3, 0.4) is 0 Å². The third kappa shape index (κ3) is 2.28. The van der Waals surface area contributed by atoms with Gasteiger partial charge in [0.05, 0.1) is 7.11 Å². The van der Waals surface area contributed by atoms with Crippen molar-refractivity contribution in [1.82, 2.24) is 0 Å². The van der Waals surface area contributed by atoms with Gasteiger partial charge in [-0.25, -0.2) is 0 Å². The molecule has 0 aromatic heterocycles. The molecule has 0 aliphatic carbocycles. The standard InChI is InChI=1S/C13H19O/c1-9(2)12-7-6-11(14-5)8-13(12)10(3)4/h6-9H,1-5H3. The molecular weight excluding hydrogens is 172 g/mol. The smallest absolute Gasteiger partial charge is 0.119 e. The normalized spacial score (nSPS) is 11.1. The molecule has 1 nitrogen and oxygen atoms in total. The van der Waals surface area contributed by atoms with E-state index in [2.05, 4.69) is 39.8 Å². The van der Waals surface area contributed by atoms with Gasteiger partial charge in [-0.2, -0.15) is 0 Å². The Hall–Kier alpha value is -0.980. The Morgan fingerprint density at radius 1 is 1.21 bits per heavy atom. The van der Waals surface area contributed by atoms with Gasteiger partial charge in [-0.3, -0.25) is 0 Å². The van der Waals surface area contributed by atoms with E-state index in [9.17, 15) is 0 Å². The maximum atomic E-state index is 5.23. The van der Waals surface area contributed by atoms with Crippen LogP contribution in [0.2, 0.25) is 0 Å². The summed E-state index contributed by atoms with van der Waals surface area (Å²) in [6, 6.07) is 6.30. The minimum absolute atomic E-state index is 0.561. The highest BCUT2D eigenvalue weighted by Gasteiger charge is 2.10. The summed E-state index contributed by atoms with van der Waals surface area (Å²) in [6.07, 6.45) is 0. The molecule has 1 rings (SSSR count). The molecule has 77 valence electrons. The molecule has 0 heterocycles. The number of benzene rings is 1. The maximum Gasteiger partial charge on any atom is 0.119 e. The minimum atomic E-state index is 0.561. The van der Waals surface area contributed by atoms with Crippen LogP contribution in [0.15, 0.2) is 18.2 Å². The monoisotopic (exact) mass is 191 g/mol. The topological polar surface area (TPSA) is 9.23 Å². The molecule has 0 spiro atoms. The quantitative estimate of drug-likeness (QED) is 0.706. The van der Waals surface area contributed by atoms with Gasteiger partial charge in [-0.1, -0.05) is 33.8 Å². The summed E-state index contributed by atoms with van der Waals surface area (Å²) in [5, 5.41) is 0. The first kappa shape index (κ1) is 11.1. The number of ether oxygens (including phenoxy) is 1. The molecular formula is C13H19O. The van der Waals surface area contributed by atoms with Crippen molar-refractivity contribution in [3.8, 4) is 5.75 Å². The van der Waals surface area contributed by atoms with Crippen LogP contribution in [0.5, 0.6) is 5.75 Å². The van der Waals surface area contributed by atoms with Gasteiger partial charge in [0, 0.05) is 0 Å². The van der Waals surface area contributed by atoms with Crippen molar-refractivity contribution >= 4 is 0 Å². The summed E-state index contributed by atoms with van der Waals surface area (Å²) in [4.78, 5) is 0. The SMILES string of the molecule is COc1ccc(C(C)C)c([C](C)C)c1. The highest BCUT2D eigenvalue weighted by molar-refractivity contribution is 5.44. The zero-order chi connectivity index (χ0) is 10.7. The van der Waals surface area contributed by atoms with Gasteiger partial charge in [0.1, 0.15) is 5.75 Å². The van der Waals surface area contributed by atoms with E-state index in [1.54, 1.807) is 7.11 Å². The molecule has 0 aliphatic rings. The molecule has 1 radical (unpaired) electrons. The van der Waals surface area contributed by atoms with Crippen molar-refractivity contribution in [3.05, 3.63) is 35.2 Å². The third-order valence-electron chi connectivity index (χ3n) is 2.42. The lowest BCUT2D eigenvalue weighted by atomic mass is 9.90. The van der Waals surface area contributed by atoms with E-state index in [0.717, 1.165) is 5.75 Å². The second-order valence-corrected chi connectivity index (χ2v) is 4.11. The van der Waals surface area contributed by atoms with E-state index in [1.807, 2.05) is 6.07 Å². The van der Waals surface area contributed by atoms with Crippen LogP contribution in [0.25, 0.3) is 0 Å². The zero-order valence-electron chi connectivity index (χ0n) is 9.72. The first-order chi connectivity index (χ1) is 6.56. The van der Waals surface area contributed by atoms with Crippen molar-refractivity contribution in [2.24, 2.45) is 0 Å². The second-order valence-electron chi connectivity index (χ2n) is 4.11. The Bertz CT molecular complexity index is 300. The molecule has 0 unspecified atom stereocenters. The molecule has 0 saturated heterocycles. The van der Waals surface area contributed by atoms with Gasteiger partial charge in [0.15, 0.2) is 0 Å². The van der Waals surface area contributed by atoms with Crippen LogP contribution < -0.4 is 4.74 Å². The molecule has 14 heavy (non-hydrogen) atoms. The zero-order valence-corrected chi connectivity index (χ0v) is 9.72. The van der Waals surface area contributed by atoms with Gasteiger partial charge in [0.25, 0.3) is 0 Å². The van der Waals surface area contributed by atoms with Crippen LogP contribution in [0, 0.1) is 5.92 Å². The first-order valence-corrected chi connectivity index (χ1v) is 5.04. The van der Waals surface area contributed by atoms with Gasteiger partial charge >= 0.3 is 0 Å². The molecule has 0 bridgehead atoms. The first-order valence-electron chi connectivity index (χ1n) is 5.04. The van der Waals surface area contributed by atoms with Gasteiger partial charge in [0.2, 0.25) is 0 Å². The van der Waals surface area contributed by atoms with E-state index >= 15 is 0 Å². The van der Waals surface area contributed by atoms with E-state index < -0.39 is 0 Å². The van der Waals surface area contributed by atoms with Crippen LogP contribution >= 0.6 is 0 Å². The summed E-state index contributed by atoms with van der Waals surface area (Å²) >= 11 is 0. The lowest BCUT2D eigenvalue weighted by Crippen LogP contribution is -1.99. The maximum absolute atomic E-state index is 5.23. The van der Waals surface area contributed by atoms with Crippen LogP contribution in [0.1, 0.15) is 44.7 Å². The molecule has 0 saturated carbocycles. The second kappa shape index (κ2) is 4.50. The third-order valence-corrected chi connectivity index (χ3v) is 2.42. The molecule has 0 atom stereocenters. The summed E-state index contributed by atoms with van der Waals surface area (Å²) in [5.74, 6) is 2.84. The summed E-state index contributed by atoms with van der Waals surface area (Å²) < 4.78 is 5.23. The Morgan fingerprint density at radius 2 is 1.86 bits per heavy atom. The Labute approximate surface area is 87.1 Å². The average molecular weight is 191 g/mol. The largest absolute Gasteiger partial charge is 0.497 e. The molecule has 0 aliphatic heterocycles. The fourth-order valence-corrected chi connectivity index (χ4v) is 1.60. The van der Waals surface area contributed by atoms with Crippen molar-refractivity contribution in [3.63, 3.8) is 0 Å². The Kier molecular flexibility index (Phi) is 3.56. The van der Waals surface area contributed by atoms with E-state index in [1.165, 1.54) is 17.0 Å². The van der Waals surface area contributed by atoms with Crippen molar-refractivity contribution in [1.29, 1.82) is 0 Å². The number of rotatable bonds is 3. The number of hydrogen-bond donors (Lipinski definition) is 0. The summed E-state index contributed by atoms with van der Waals surface area (Å²) in [7, 11) is 1.71. The fourth-order valence-electron chi connectivity index (χ4n) is 1.60. The number of methoxy groups -OCH3 is 1. The average Bonchev–Trinajstić information content (AvgIpc) is 2.16. The lowest BCUT2D eigenvalue weighted by Gasteiger charge is -2.16. The van der Waals surface area contributed by atoms with E-state index in [4.69, 9.17) is 4.74 Å².